The lowest BCUT2D eigenvalue weighted by atomic mass is 9.95. The molecule has 1 atom stereocenters. The maximum atomic E-state index is 13.6. The highest BCUT2D eigenvalue weighted by atomic mass is 32.2. The molecule has 0 saturated heterocycles. The van der Waals surface area contributed by atoms with E-state index in [0.717, 1.165) is 39.6 Å². The summed E-state index contributed by atoms with van der Waals surface area (Å²) in [6, 6.07) is 14.4. The predicted octanol–water partition coefficient (Wildman–Crippen LogP) is 6.00. The number of carboxylic acid groups (broad SMARTS) is 2. The molecule has 0 radical (unpaired) electrons. The minimum Gasteiger partial charge on any atom is -0.492 e. The Kier molecular flexibility index (Phi) is 13.8. The molecule has 0 fully saturated rings. The summed E-state index contributed by atoms with van der Waals surface area (Å²) < 4.78 is 82.8. The molecular formula is C29H28F7N3O6S. The number of thioether (sulfide) groups is 1. The van der Waals surface area contributed by atoms with Crippen LogP contribution >= 0.6 is 11.8 Å². The summed E-state index contributed by atoms with van der Waals surface area (Å²) in [5.74, 6) is -4.78. The van der Waals surface area contributed by atoms with Gasteiger partial charge in [-0.05, 0) is 79.7 Å². The molecule has 9 nitrogen and oxygen atoms in total. The normalized spacial score (nSPS) is 14.0. The molecule has 1 aromatic heterocycles. The number of amides is 1. The molecule has 2 aromatic carbocycles. The molecule has 0 aliphatic carbocycles. The van der Waals surface area contributed by atoms with Crippen LogP contribution in [0.2, 0.25) is 0 Å². The molecule has 3 aromatic rings. The molecule has 0 bridgehead atoms. The fourth-order valence-electron chi connectivity index (χ4n) is 3.57. The molecule has 250 valence electrons. The SMILES string of the molecule is CN(C)CCSc1cc(-c2ccncc2)ccc1NC(=O)C1COc2ccc(F)cc2C1.O=C(O)C(F)(F)F.O=C(O)C(F)(F)F. The number of halogens is 7. The second-order valence-corrected chi connectivity index (χ2v) is 10.8. The number of carbonyl (C=O) groups excluding carboxylic acids is 1. The van der Waals surface area contributed by atoms with Crippen molar-refractivity contribution in [2.45, 2.75) is 23.7 Å². The van der Waals surface area contributed by atoms with E-state index in [9.17, 15) is 35.5 Å². The topological polar surface area (TPSA) is 129 Å². The molecule has 1 aliphatic heterocycles. The molecule has 1 amide bonds. The van der Waals surface area contributed by atoms with Crippen LogP contribution in [0.4, 0.5) is 36.4 Å². The number of nitrogens with one attached hydrogen (secondary N) is 1. The van der Waals surface area contributed by atoms with E-state index in [1.807, 2.05) is 38.4 Å². The van der Waals surface area contributed by atoms with Crippen LogP contribution in [0.15, 0.2) is 65.8 Å². The van der Waals surface area contributed by atoms with Gasteiger partial charge in [0.15, 0.2) is 0 Å². The van der Waals surface area contributed by atoms with Crippen LogP contribution in [0.25, 0.3) is 11.1 Å². The van der Waals surface area contributed by atoms with Gasteiger partial charge in [0.05, 0.1) is 11.6 Å². The lowest BCUT2D eigenvalue weighted by Gasteiger charge is -2.25. The molecular weight excluding hydrogens is 651 g/mol. The van der Waals surface area contributed by atoms with E-state index < -0.39 is 24.3 Å². The molecule has 0 saturated carbocycles. The lowest BCUT2D eigenvalue weighted by Crippen LogP contribution is -2.32. The van der Waals surface area contributed by atoms with E-state index in [2.05, 4.69) is 21.3 Å². The van der Waals surface area contributed by atoms with Gasteiger partial charge >= 0.3 is 24.3 Å². The van der Waals surface area contributed by atoms with Crippen molar-refractivity contribution < 1.29 is 60.1 Å². The summed E-state index contributed by atoms with van der Waals surface area (Å²) in [7, 11) is 4.08. The van der Waals surface area contributed by atoms with Crippen molar-refractivity contribution in [3.8, 4) is 16.9 Å². The van der Waals surface area contributed by atoms with Crippen LogP contribution in [0.3, 0.4) is 0 Å². The fraction of sp³-hybridized carbons (Fsp3) is 0.310. The van der Waals surface area contributed by atoms with Gasteiger partial charge in [0, 0.05) is 29.6 Å². The number of carboxylic acids is 2. The zero-order valence-electron chi connectivity index (χ0n) is 24.2. The minimum absolute atomic E-state index is 0.119. The number of anilines is 1. The van der Waals surface area contributed by atoms with Crippen molar-refractivity contribution in [1.29, 1.82) is 0 Å². The average Bonchev–Trinajstić information content (AvgIpc) is 2.97. The number of carbonyl (C=O) groups is 3. The van der Waals surface area contributed by atoms with Gasteiger partial charge in [-0.2, -0.15) is 26.3 Å². The third kappa shape index (κ3) is 12.5. The molecule has 1 unspecified atom stereocenters. The highest BCUT2D eigenvalue weighted by molar-refractivity contribution is 7.99. The van der Waals surface area contributed by atoms with Crippen molar-refractivity contribution in [3.05, 3.63) is 72.3 Å². The summed E-state index contributed by atoms with van der Waals surface area (Å²) >= 11 is 1.71. The summed E-state index contributed by atoms with van der Waals surface area (Å²) in [5, 5.41) is 17.3. The Morgan fingerprint density at radius 3 is 2.07 bits per heavy atom. The van der Waals surface area contributed by atoms with Crippen LogP contribution in [0, 0.1) is 11.7 Å². The number of fused-ring (bicyclic) bond motifs is 1. The van der Waals surface area contributed by atoms with E-state index in [0.29, 0.717) is 12.2 Å². The van der Waals surface area contributed by atoms with Gasteiger partial charge in [0.1, 0.15) is 18.2 Å². The first-order valence-electron chi connectivity index (χ1n) is 13.0. The molecule has 3 N–H and O–H groups in total. The summed E-state index contributed by atoms with van der Waals surface area (Å²) in [6.07, 6.45) is -6.17. The number of benzene rings is 2. The molecule has 17 heteroatoms. The number of alkyl halides is 6. The van der Waals surface area contributed by atoms with Gasteiger partial charge in [-0.1, -0.05) is 6.07 Å². The Hall–Kier alpha value is -4.38. The summed E-state index contributed by atoms with van der Waals surface area (Å²) in [5.41, 5.74) is 3.65. The van der Waals surface area contributed by atoms with Crippen LogP contribution < -0.4 is 10.1 Å². The molecule has 1 aliphatic rings. The van der Waals surface area contributed by atoms with Gasteiger partial charge in [-0.3, -0.25) is 9.78 Å². The Labute approximate surface area is 262 Å². The van der Waals surface area contributed by atoms with Crippen molar-refractivity contribution in [3.63, 3.8) is 0 Å². The van der Waals surface area contributed by atoms with E-state index >= 15 is 0 Å². The average molecular weight is 680 g/mol. The molecule has 2 heterocycles. The van der Waals surface area contributed by atoms with Crippen LogP contribution in [0.5, 0.6) is 5.75 Å². The predicted molar refractivity (Wildman–Crippen MR) is 154 cm³/mol. The van der Waals surface area contributed by atoms with Gasteiger partial charge in [-0.25, -0.2) is 14.0 Å². The lowest BCUT2D eigenvalue weighted by molar-refractivity contribution is -0.193. The quantitative estimate of drug-likeness (QED) is 0.204. The first-order valence-corrected chi connectivity index (χ1v) is 14.0. The number of aliphatic carboxylic acids is 2. The zero-order valence-corrected chi connectivity index (χ0v) is 25.0. The fourth-order valence-corrected chi connectivity index (χ4v) is 4.73. The van der Waals surface area contributed by atoms with E-state index in [4.69, 9.17) is 24.5 Å². The second kappa shape index (κ2) is 16.8. The monoisotopic (exact) mass is 679 g/mol. The second-order valence-electron chi connectivity index (χ2n) is 9.66. The molecule has 0 spiro atoms. The Bertz CT molecular complexity index is 1460. The third-order valence-corrected chi connectivity index (χ3v) is 6.87. The first-order chi connectivity index (χ1) is 21.4. The number of hydrogen-bond donors (Lipinski definition) is 3. The number of aromatic nitrogens is 1. The highest BCUT2D eigenvalue weighted by Crippen LogP contribution is 2.34. The zero-order chi connectivity index (χ0) is 34.7. The maximum absolute atomic E-state index is 13.6. The maximum Gasteiger partial charge on any atom is 0.490 e. The molecule has 4 rings (SSSR count). The van der Waals surface area contributed by atoms with E-state index in [1.54, 1.807) is 30.2 Å². The number of ether oxygens (including phenoxy) is 1. The van der Waals surface area contributed by atoms with Crippen molar-refractivity contribution in [1.82, 2.24) is 9.88 Å². The van der Waals surface area contributed by atoms with Gasteiger partial charge in [0.2, 0.25) is 5.91 Å². The Balaban J connectivity index is 0.000000440. The molecule has 46 heavy (non-hydrogen) atoms. The number of rotatable bonds is 7. The van der Waals surface area contributed by atoms with Crippen LogP contribution in [-0.2, 0) is 20.8 Å². The minimum atomic E-state index is -5.08. The van der Waals surface area contributed by atoms with Gasteiger partial charge in [0.25, 0.3) is 0 Å². The first kappa shape index (κ1) is 37.8. The van der Waals surface area contributed by atoms with Crippen LogP contribution in [-0.4, -0.2) is 83.3 Å². The van der Waals surface area contributed by atoms with Gasteiger partial charge < -0.3 is 25.2 Å². The van der Waals surface area contributed by atoms with Crippen molar-refractivity contribution in [2.24, 2.45) is 5.92 Å². The standard InChI is InChI=1S/C25H26FN3O2S.2C2HF3O2/c1-29(2)11-12-32-24-15-18(17-7-9-27-10-8-17)3-5-22(24)28-25(30)20-13-19-14-21(26)4-6-23(19)31-16-20;2*3-2(4,5)1(6)7/h3-10,14-15,20H,11-13,16H2,1-2H3,(H,28,30);2*(H,6,7). The highest BCUT2D eigenvalue weighted by Gasteiger charge is 2.39. The summed E-state index contributed by atoms with van der Waals surface area (Å²) in [4.78, 5) is 38.1. The van der Waals surface area contributed by atoms with E-state index in [-0.39, 0.29) is 24.2 Å². The van der Waals surface area contributed by atoms with E-state index in [1.165, 1.54) is 12.1 Å². The Morgan fingerprint density at radius 2 is 1.52 bits per heavy atom. The summed E-state index contributed by atoms with van der Waals surface area (Å²) in [6.45, 7) is 1.21. The third-order valence-electron chi connectivity index (χ3n) is 5.83. The largest absolute Gasteiger partial charge is 0.492 e. The number of hydrogen-bond acceptors (Lipinski definition) is 7. The van der Waals surface area contributed by atoms with Crippen LogP contribution in [0.1, 0.15) is 5.56 Å². The smallest absolute Gasteiger partial charge is 0.490 e. The van der Waals surface area contributed by atoms with Crippen molar-refractivity contribution >= 4 is 35.3 Å². The number of nitrogens with zero attached hydrogens (tertiary/aromatic N) is 2. The number of pyridine rings is 1. The Morgan fingerprint density at radius 1 is 0.935 bits per heavy atom. The van der Waals surface area contributed by atoms with Gasteiger partial charge in [-0.15, -0.1) is 11.8 Å². The van der Waals surface area contributed by atoms with Crippen molar-refractivity contribution in [2.75, 3.05) is 38.3 Å².